The maximum absolute atomic E-state index is 12.9. The number of hydrogen-bond donors (Lipinski definition) is 1. The molecule has 36 heavy (non-hydrogen) atoms. The second kappa shape index (κ2) is 10.9. The van der Waals surface area contributed by atoms with Crippen LogP contribution in [0.25, 0.3) is 0 Å². The van der Waals surface area contributed by atoms with Crippen molar-refractivity contribution < 1.29 is 23.8 Å². The number of nitrogens with zero attached hydrogens (tertiary/aromatic N) is 2. The Hall–Kier alpha value is -3.72. The smallest absolute Gasteiger partial charge is 0.338 e. The van der Waals surface area contributed by atoms with Crippen LogP contribution in [0.15, 0.2) is 64.3 Å². The summed E-state index contributed by atoms with van der Waals surface area (Å²) in [5.41, 5.74) is 4.68. The molecule has 0 saturated carbocycles. The minimum Gasteiger partial charge on any atom is -0.493 e. The van der Waals surface area contributed by atoms with Gasteiger partial charge >= 0.3 is 5.97 Å². The molecule has 0 aliphatic carbocycles. The van der Waals surface area contributed by atoms with Crippen molar-refractivity contribution in [2.75, 3.05) is 25.6 Å². The second-order valence-electron chi connectivity index (χ2n) is 8.39. The van der Waals surface area contributed by atoms with Crippen LogP contribution in [0, 0.1) is 13.8 Å². The maximum Gasteiger partial charge on any atom is 0.338 e. The number of amides is 1. The number of esters is 1. The average molecular weight is 508 g/mol. The molecule has 0 saturated heterocycles. The molecule has 2 aliphatic heterocycles. The number of carbonyl (C=O) groups excluding carboxylic acids is 2. The van der Waals surface area contributed by atoms with E-state index in [1.54, 1.807) is 13.0 Å². The Labute approximate surface area is 215 Å². The van der Waals surface area contributed by atoms with Crippen LogP contribution < -0.4 is 14.8 Å². The molecule has 0 radical (unpaired) electrons. The highest BCUT2D eigenvalue weighted by Crippen LogP contribution is 2.43. The Morgan fingerprint density at radius 2 is 1.92 bits per heavy atom. The Kier molecular flexibility index (Phi) is 7.69. The number of anilines is 1. The van der Waals surface area contributed by atoms with E-state index in [0.29, 0.717) is 22.8 Å². The summed E-state index contributed by atoms with van der Waals surface area (Å²) in [6, 6.07) is 10.9. The van der Waals surface area contributed by atoms with Gasteiger partial charge in [-0.25, -0.2) is 9.79 Å². The molecule has 2 aromatic carbocycles. The first-order valence-corrected chi connectivity index (χ1v) is 12.5. The monoisotopic (exact) mass is 507 g/mol. The molecule has 1 N–H and O–H groups in total. The Balaban J connectivity index is 1.56. The van der Waals surface area contributed by atoms with E-state index in [0.717, 1.165) is 27.5 Å². The number of hydrogen-bond acceptors (Lipinski definition) is 8. The normalized spacial score (nSPS) is 16.4. The van der Waals surface area contributed by atoms with E-state index in [9.17, 15) is 9.59 Å². The molecule has 1 atom stereocenters. The molecule has 2 aromatic rings. The highest BCUT2D eigenvalue weighted by Gasteiger charge is 2.37. The number of aryl methyl sites for hydroxylation is 2. The van der Waals surface area contributed by atoms with E-state index >= 15 is 0 Å². The van der Waals surface area contributed by atoms with Gasteiger partial charge in [0, 0.05) is 11.9 Å². The van der Waals surface area contributed by atoms with Crippen molar-refractivity contribution in [3.63, 3.8) is 0 Å². The second-order valence-corrected chi connectivity index (χ2v) is 9.27. The number of ether oxygens (including phenoxy) is 3. The van der Waals surface area contributed by atoms with Crippen molar-refractivity contribution in [3.05, 3.63) is 76.0 Å². The molecule has 8 nitrogen and oxygen atoms in total. The van der Waals surface area contributed by atoms with Crippen LogP contribution in [0.3, 0.4) is 0 Å². The summed E-state index contributed by atoms with van der Waals surface area (Å²) in [6.45, 7) is 7.59. The summed E-state index contributed by atoms with van der Waals surface area (Å²) in [4.78, 5) is 31.9. The van der Waals surface area contributed by atoms with Gasteiger partial charge in [-0.1, -0.05) is 30.0 Å². The third-order valence-corrected chi connectivity index (χ3v) is 6.62. The summed E-state index contributed by atoms with van der Waals surface area (Å²) in [5.74, 6) is 0.195. The molecule has 9 heteroatoms. The molecule has 2 heterocycles. The molecule has 4 rings (SSSR count). The predicted octanol–water partition coefficient (Wildman–Crippen LogP) is 5.10. The number of thioether (sulfide) groups is 1. The van der Waals surface area contributed by atoms with Crippen LogP contribution in [0.4, 0.5) is 5.69 Å². The lowest BCUT2D eigenvalue weighted by Crippen LogP contribution is -2.34. The number of methoxy groups -OCH3 is 1. The van der Waals surface area contributed by atoms with E-state index in [4.69, 9.17) is 14.2 Å². The fraction of sp³-hybridized carbons (Fsp3) is 0.296. The third kappa shape index (κ3) is 5.26. The Morgan fingerprint density at radius 1 is 1.11 bits per heavy atom. The van der Waals surface area contributed by atoms with Gasteiger partial charge in [0.2, 0.25) is 0 Å². The predicted molar refractivity (Wildman–Crippen MR) is 141 cm³/mol. The first-order valence-electron chi connectivity index (χ1n) is 11.6. The van der Waals surface area contributed by atoms with Gasteiger partial charge in [0.05, 0.1) is 31.0 Å². The zero-order chi connectivity index (χ0) is 25.8. The molecule has 2 aliphatic rings. The molecule has 0 fully saturated rings. The molecule has 188 valence electrons. The number of allylic oxidation sites excluding steroid dienone is 1. The van der Waals surface area contributed by atoms with E-state index in [1.807, 2.05) is 67.6 Å². The molecule has 0 spiro atoms. The minimum absolute atomic E-state index is 0.179. The van der Waals surface area contributed by atoms with E-state index in [2.05, 4.69) is 10.3 Å². The van der Waals surface area contributed by atoms with Gasteiger partial charge in [0.25, 0.3) is 5.91 Å². The van der Waals surface area contributed by atoms with E-state index in [-0.39, 0.29) is 19.1 Å². The van der Waals surface area contributed by atoms with Crippen molar-refractivity contribution in [3.8, 4) is 11.5 Å². The van der Waals surface area contributed by atoms with Crippen molar-refractivity contribution in [2.24, 2.45) is 4.99 Å². The van der Waals surface area contributed by atoms with E-state index in [1.165, 1.54) is 18.9 Å². The summed E-state index contributed by atoms with van der Waals surface area (Å²) in [6.07, 6.45) is 1.90. The van der Waals surface area contributed by atoms with Crippen LogP contribution >= 0.6 is 11.8 Å². The lowest BCUT2D eigenvalue weighted by atomic mass is 9.94. The lowest BCUT2D eigenvalue weighted by molar-refractivity contribution is -0.139. The third-order valence-electron chi connectivity index (χ3n) is 5.85. The highest BCUT2D eigenvalue weighted by molar-refractivity contribution is 8.16. The molecule has 0 bridgehead atoms. The van der Waals surface area contributed by atoms with Gasteiger partial charge < -0.3 is 24.4 Å². The molecular weight excluding hydrogens is 478 g/mol. The molecule has 0 aromatic heterocycles. The van der Waals surface area contributed by atoms with Crippen molar-refractivity contribution >= 4 is 34.5 Å². The first-order chi connectivity index (χ1) is 17.3. The van der Waals surface area contributed by atoms with E-state index < -0.39 is 12.0 Å². The highest BCUT2D eigenvalue weighted by atomic mass is 32.2. The summed E-state index contributed by atoms with van der Waals surface area (Å²) in [7, 11) is 1.54. The summed E-state index contributed by atoms with van der Waals surface area (Å²) in [5, 5.41) is 5.60. The SMILES string of the molecule is CCOC(=O)C1=C(C)N=C2SC=CN2[C@H]1c1ccc(OCC(=O)Nc2cc(C)ccc2C)c(OC)c1. The van der Waals surface area contributed by atoms with Gasteiger partial charge in [0.1, 0.15) is 0 Å². The zero-order valence-corrected chi connectivity index (χ0v) is 21.8. The fourth-order valence-electron chi connectivity index (χ4n) is 4.07. The van der Waals surface area contributed by atoms with Crippen molar-refractivity contribution in [2.45, 2.75) is 33.7 Å². The quantitative estimate of drug-likeness (QED) is 0.498. The van der Waals surface area contributed by atoms with Gasteiger partial charge in [-0.3, -0.25) is 4.79 Å². The van der Waals surface area contributed by atoms with Gasteiger partial charge in [-0.05, 0) is 68.0 Å². The van der Waals surface area contributed by atoms with Gasteiger partial charge in [-0.2, -0.15) is 0 Å². The van der Waals surface area contributed by atoms with Crippen LogP contribution in [0.5, 0.6) is 11.5 Å². The maximum atomic E-state index is 12.9. The number of aliphatic imine (C=N–C) groups is 1. The average Bonchev–Trinajstić information content (AvgIpc) is 3.32. The number of fused-ring (bicyclic) bond motifs is 1. The number of rotatable bonds is 8. The van der Waals surface area contributed by atoms with Crippen LogP contribution in [-0.2, 0) is 14.3 Å². The van der Waals surface area contributed by atoms with Crippen LogP contribution in [0.2, 0.25) is 0 Å². The molecule has 1 amide bonds. The number of nitrogens with one attached hydrogen (secondary N) is 1. The Morgan fingerprint density at radius 3 is 2.67 bits per heavy atom. The molecule has 0 unspecified atom stereocenters. The molecular formula is C27H29N3O5S. The largest absolute Gasteiger partial charge is 0.493 e. The fourth-order valence-corrected chi connectivity index (χ4v) is 4.86. The number of carbonyl (C=O) groups is 2. The zero-order valence-electron chi connectivity index (χ0n) is 21.0. The standard InChI is InChI=1S/C27H29N3O5S/c1-6-34-26(32)24-18(4)28-27-30(11-12-36-27)25(24)19-9-10-21(22(14-19)33-5)35-15-23(31)29-20-13-16(2)7-8-17(20)3/h7-14,25H,6,15H2,1-5H3,(H,29,31)/t25-/m0/s1. The topological polar surface area (TPSA) is 89.5 Å². The Bertz CT molecular complexity index is 1280. The lowest BCUT2D eigenvalue weighted by Gasteiger charge is -2.33. The van der Waals surface area contributed by atoms with Crippen LogP contribution in [-0.4, -0.2) is 42.3 Å². The van der Waals surface area contributed by atoms with Crippen molar-refractivity contribution in [1.29, 1.82) is 0 Å². The van der Waals surface area contributed by atoms with Gasteiger partial charge in [-0.15, -0.1) is 0 Å². The number of benzene rings is 2. The van der Waals surface area contributed by atoms with Gasteiger partial charge in [0.15, 0.2) is 23.3 Å². The minimum atomic E-state index is -0.432. The van der Waals surface area contributed by atoms with Crippen LogP contribution in [0.1, 0.15) is 36.6 Å². The van der Waals surface area contributed by atoms with Crippen molar-refractivity contribution in [1.82, 2.24) is 4.90 Å². The first kappa shape index (κ1) is 25.4. The summed E-state index contributed by atoms with van der Waals surface area (Å²) >= 11 is 1.49. The number of amidine groups is 1. The summed E-state index contributed by atoms with van der Waals surface area (Å²) < 4.78 is 16.7.